The number of nitrogens with zero attached hydrogens (tertiary/aromatic N) is 3. The Morgan fingerprint density at radius 3 is 2.60 bits per heavy atom. The molecule has 160 valence electrons. The number of carbonyl (C=O) groups is 1. The largest absolute Gasteiger partial charge is 0.309 e. The van der Waals surface area contributed by atoms with E-state index in [2.05, 4.69) is 4.98 Å². The molecule has 0 aliphatic rings. The molecule has 0 atom stereocenters. The van der Waals surface area contributed by atoms with Crippen LogP contribution < -0.4 is 4.90 Å². The molecule has 0 bridgehead atoms. The average Bonchev–Trinajstić information content (AvgIpc) is 3.13. The normalized spacial score (nSPS) is 11.9. The van der Waals surface area contributed by atoms with Gasteiger partial charge in [0.25, 0.3) is 5.91 Å². The standard InChI is InChI=1S/C21H24FN3O3S2/c1-4-30(27,28)17-8-5-7-15(13-17)20(26)25(12-6-11-24(2)3)21-23-18-10-9-16(22)14-19(18)29-21/h5,7-10,13-14H,4,6,11-12H2,1-3H3. The van der Waals surface area contributed by atoms with E-state index < -0.39 is 9.84 Å². The zero-order valence-electron chi connectivity index (χ0n) is 17.1. The van der Waals surface area contributed by atoms with E-state index in [1.807, 2.05) is 19.0 Å². The Hall–Kier alpha value is -2.36. The lowest BCUT2D eigenvalue weighted by molar-refractivity contribution is 0.0986. The molecule has 0 aliphatic carbocycles. The zero-order chi connectivity index (χ0) is 21.9. The Morgan fingerprint density at radius 1 is 1.13 bits per heavy atom. The van der Waals surface area contributed by atoms with E-state index in [0.29, 0.717) is 28.3 Å². The molecule has 0 N–H and O–H groups in total. The number of sulfone groups is 1. The van der Waals surface area contributed by atoms with Crippen LogP contribution in [-0.2, 0) is 9.84 Å². The lowest BCUT2D eigenvalue weighted by Crippen LogP contribution is -2.33. The summed E-state index contributed by atoms with van der Waals surface area (Å²) in [7, 11) is 0.470. The van der Waals surface area contributed by atoms with Gasteiger partial charge in [0.05, 0.1) is 20.9 Å². The molecule has 0 aliphatic heterocycles. The number of anilines is 1. The zero-order valence-corrected chi connectivity index (χ0v) is 18.8. The Balaban J connectivity index is 1.99. The highest BCUT2D eigenvalue weighted by Crippen LogP contribution is 2.30. The van der Waals surface area contributed by atoms with Gasteiger partial charge in [-0.25, -0.2) is 17.8 Å². The maximum atomic E-state index is 13.6. The van der Waals surface area contributed by atoms with Crippen LogP contribution in [0.1, 0.15) is 23.7 Å². The molecule has 0 saturated heterocycles. The molecule has 2 aromatic carbocycles. The number of hydrogen-bond donors (Lipinski definition) is 0. The minimum absolute atomic E-state index is 0.0410. The van der Waals surface area contributed by atoms with Crippen molar-refractivity contribution in [3.8, 4) is 0 Å². The van der Waals surface area contributed by atoms with Gasteiger partial charge in [-0.1, -0.05) is 24.3 Å². The number of thiazole rings is 1. The molecule has 30 heavy (non-hydrogen) atoms. The number of fused-ring (bicyclic) bond motifs is 1. The third kappa shape index (κ3) is 5.03. The molecule has 9 heteroatoms. The summed E-state index contributed by atoms with van der Waals surface area (Å²) in [6, 6.07) is 10.4. The molecule has 3 aromatic rings. The molecular weight excluding hydrogens is 425 g/mol. The summed E-state index contributed by atoms with van der Waals surface area (Å²) in [5, 5.41) is 0.461. The third-order valence-electron chi connectivity index (χ3n) is 4.62. The van der Waals surface area contributed by atoms with E-state index in [4.69, 9.17) is 0 Å². The maximum Gasteiger partial charge on any atom is 0.260 e. The fourth-order valence-electron chi connectivity index (χ4n) is 2.98. The van der Waals surface area contributed by atoms with Crippen LogP contribution in [0.3, 0.4) is 0 Å². The van der Waals surface area contributed by atoms with Gasteiger partial charge >= 0.3 is 0 Å². The lowest BCUT2D eigenvalue weighted by atomic mass is 10.2. The van der Waals surface area contributed by atoms with E-state index in [1.165, 1.54) is 35.6 Å². The summed E-state index contributed by atoms with van der Waals surface area (Å²) in [6.45, 7) is 2.75. The summed E-state index contributed by atoms with van der Waals surface area (Å²) >= 11 is 1.24. The summed E-state index contributed by atoms with van der Waals surface area (Å²) in [4.78, 5) is 21.5. The van der Waals surface area contributed by atoms with Gasteiger partial charge < -0.3 is 4.90 Å². The number of carbonyl (C=O) groups excluding carboxylic acids is 1. The summed E-state index contributed by atoms with van der Waals surface area (Å²) in [5.41, 5.74) is 0.893. The first-order valence-electron chi connectivity index (χ1n) is 9.57. The molecule has 1 aromatic heterocycles. The number of rotatable bonds is 8. The number of aromatic nitrogens is 1. The van der Waals surface area contributed by atoms with Crippen LogP contribution in [0, 0.1) is 5.82 Å². The predicted octanol–water partition coefficient (Wildman–Crippen LogP) is 3.83. The number of amides is 1. The Morgan fingerprint density at radius 2 is 1.90 bits per heavy atom. The molecule has 1 heterocycles. The topological polar surface area (TPSA) is 70.6 Å². The Kier molecular flexibility index (Phi) is 6.84. The maximum absolute atomic E-state index is 13.6. The van der Waals surface area contributed by atoms with Crippen molar-refractivity contribution in [2.24, 2.45) is 0 Å². The molecule has 3 rings (SSSR count). The lowest BCUT2D eigenvalue weighted by Gasteiger charge is -2.21. The van der Waals surface area contributed by atoms with Crippen LogP contribution in [0.25, 0.3) is 10.2 Å². The molecule has 0 spiro atoms. The first kappa shape index (κ1) is 22.3. The van der Waals surface area contributed by atoms with Crippen LogP contribution in [0.5, 0.6) is 0 Å². The van der Waals surface area contributed by atoms with E-state index in [0.717, 1.165) is 6.54 Å². The first-order valence-corrected chi connectivity index (χ1v) is 12.0. The monoisotopic (exact) mass is 449 g/mol. The molecular formula is C21H24FN3O3S2. The van der Waals surface area contributed by atoms with Crippen molar-refractivity contribution in [1.82, 2.24) is 9.88 Å². The quantitative estimate of drug-likeness (QED) is 0.523. The molecule has 6 nitrogen and oxygen atoms in total. The van der Waals surface area contributed by atoms with Crippen molar-refractivity contribution in [2.45, 2.75) is 18.2 Å². The van der Waals surface area contributed by atoms with Gasteiger partial charge in [-0.2, -0.15) is 0 Å². The van der Waals surface area contributed by atoms with E-state index >= 15 is 0 Å². The van der Waals surface area contributed by atoms with Crippen LogP contribution in [0.4, 0.5) is 9.52 Å². The van der Waals surface area contributed by atoms with Crippen LogP contribution >= 0.6 is 11.3 Å². The van der Waals surface area contributed by atoms with Crippen LogP contribution in [-0.4, -0.2) is 57.1 Å². The van der Waals surface area contributed by atoms with Crippen molar-refractivity contribution in [1.29, 1.82) is 0 Å². The van der Waals surface area contributed by atoms with Crippen molar-refractivity contribution < 1.29 is 17.6 Å². The SMILES string of the molecule is CCS(=O)(=O)c1cccc(C(=O)N(CCCN(C)C)c2nc3ccc(F)cc3s2)c1. The smallest absolute Gasteiger partial charge is 0.260 e. The van der Waals surface area contributed by atoms with E-state index in [-0.39, 0.29) is 27.9 Å². The minimum atomic E-state index is -3.43. The van der Waals surface area contributed by atoms with Crippen molar-refractivity contribution in [2.75, 3.05) is 37.8 Å². The van der Waals surface area contributed by atoms with E-state index in [1.54, 1.807) is 30.0 Å². The highest BCUT2D eigenvalue weighted by molar-refractivity contribution is 7.91. The molecule has 1 amide bonds. The number of benzene rings is 2. The fraction of sp³-hybridized carbons (Fsp3) is 0.333. The van der Waals surface area contributed by atoms with Crippen molar-refractivity contribution >= 4 is 42.4 Å². The van der Waals surface area contributed by atoms with Gasteiger partial charge in [-0.3, -0.25) is 9.69 Å². The van der Waals surface area contributed by atoms with E-state index in [9.17, 15) is 17.6 Å². The summed E-state index contributed by atoms with van der Waals surface area (Å²) < 4.78 is 38.7. The number of halogens is 1. The van der Waals surface area contributed by atoms with Gasteiger partial charge in [0, 0.05) is 12.1 Å². The fourth-order valence-corrected chi connectivity index (χ4v) is 4.92. The second kappa shape index (κ2) is 9.20. The minimum Gasteiger partial charge on any atom is -0.309 e. The predicted molar refractivity (Wildman–Crippen MR) is 119 cm³/mol. The molecule has 0 radical (unpaired) electrons. The molecule has 0 unspecified atom stereocenters. The van der Waals surface area contributed by atoms with Gasteiger partial charge in [0.2, 0.25) is 0 Å². The summed E-state index contributed by atoms with van der Waals surface area (Å²) in [6.07, 6.45) is 0.704. The Labute approximate surface area is 179 Å². The van der Waals surface area contributed by atoms with Gasteiger partial charge in [-0.05, 0) is 63.5 Å². The molecule has 0 saturated carbocycles. The number of hydrogen-bond acceptors (Lipinski definition) is 6. The second-order valence-electron chi connectivity index (χ2n) is 7.15. The van der Waals surface area contributed by atoms with Gasteiger partial charge in [0.1, 0.15) is 5.82 Å². The highest BCUT2D eigenvalue weighted by atomic mass is 32.2. The van der Waals surface area contributed by atoms with Gasteiger partial charge in [0.15, 0.2) is 15.0 Å². The van der Waals surface area contributed by atoms with Crippen molar-refractivity contribution in [3.05, 3.63) is 53.8 Å². The highest BCUT2D eigenvalue weighted by Gasteiger charge is 2.23. The first-order chi connectivity index (χ1) is 14.2. The summed E-state index contributed by atoms with van der Waals surface area (Å²) in [5.74, 6) is -0.734. The van der Waals surface area contributed by atoms with Crippen LogP contribution in [0.2, 0.25) is 0 Å². The van der Waals surface area contributed by atoms with Crippen LogP contribution in [0.15, 0.2) is 47.4 Å². The Bertz CT molecular complexity index is 1160. The van der Waals surface area contributed by atoms with Gasteiger partial charge in [-0.15, -0.1) is 0 Å². The van der Waals surface area contributed by atoms with Crippen molar-refractivity contribution in [3.63, 3.8) is 0 Å². The molecule has 0 fully saturated rings. The average molecular weight is 450 g/mol. The second-order valence-corrected chi connectivity index (χ2v) is 10.4. The third-order valence-corrected chi connectivity index (χ3v) is 7.40.